The number of para-hydroxylation sites is 1. The van der Waals surface area contributed by atoms with E-state index in [1.807, 2.05) is 24.3 Å². The number of nitrogens with one attached hydrogen (secondary N) is 1. The van der Waals surface area contributed by atoms with Crippen molar-refractivity contribution in [3.8, 4) is 0 Å². The maximum Gasteiger partial charge on any atom is 0.153 e. The van der Waals surface area contributed by atoms with Crippen molar-refractivity contribution in [1.82, 2.24) is 0 Å². The van der Waals surface area contributed by atoms with Crippen LogP contribution in [0.2, 0.25) is 0 Å². The van der Waals surface area contributed by atoms with E-state index in [1.54, 1.807) is 11.3 Å². The van der Waals surface area contributed by atoms with E-state index in [4.69, 9.17) is 15.6 Å². The lowest BCUT2D eigenvalue weighted by molar-refractivity contribution is 0.579. The number of hydrogen-bond acceptors (Lipinski definition) is 3. The molecule has 3 N–H and O–H groups in total. The van der Waals surface area contributed by atoms with Crippen molar-refractivity contribution in [3.63, 3.8) is 0 Å². The second kappa shape index (κ2) is 7.79. The fraction of sp³-hybridized carbons (Fsp3) is 0.133. The zero-order chi connectivity index (χ0) is 23.5. The van der Waals surface area contributed by atoms with Crippen molar-refractivity contribution in [2.24, 2.45) is 16.6 Å². The highest BCUT2D eigenvalue weighted by molar-refractivity contribution is 7.25. The minimum absolute atomic E-state index is 0.129. The average molecular weight is 474 g/mol. The molecule has 0 radical (unpaired) electrons. The summed E-state index contributed by atoms with van der Waals surface area (Å²) < 4.78 is 8.55. The maximum atomic E-state index is 8.66. The minimum Gasteiger partial charge on any atom is -0.456 e. The van der Waals surface area contributed by atoms with Crippen LogP contribution in [0.3, 0.4) is 0 Å². The summed E-state index contributed by atoms with van der Waals surface area (Å²) in [6.45, 7) is 0. The van der Waals surface area contributed by atoms with Crippen LogP contribution in [0.4, 0.5) is 0 Å². The Morgan fingerprint density at radius 2 is 1.63 bits per heavy atom. The van der Waals surface area contributed by atoms with Gasteiger partial charge in [-0.1, -0.05) is 36.4 Å². The van der Waals surface area contributed by atoms with Gasteiger partial charge < -0.3 is 10.2 Å². The minimum atomic E-state index is 0.129. The predicted octanol–water partition coefficient (Wildman–Crippen LogP) is 7.44. The molecule has 6 aromatic rings. The Morgan fingerprint density at radius 1 is 0.829 bits per heavy atom. The molecule has 4 nitrogen and oxygen atoms in total. The Kier molecular flexibility index (Phi) is 4.54. The molecule has 1 aliphatic carbocycles. The van der Waals surface area contributed by atoms with E-state index < -0.39 is 0 Å². The van der Waals surface area contributed by atoms with E-state index in [2.05, 4.69) is 59.6 Å². The molecule has 0 bridgehead atoms. The van der Waals surface area contributed by atoms with Crippen LogP contribution >= 0.6 is 11.3 Å². The molecule has 170 valence electrons. The topological polar surface area (TPSA) is 75.4 Å². The van der Waals surface area contributed by atoms with Crippen LogP contribution in [0.15, 0.2) is 88.3 Å². The fourth-order valence-corrected chi connectivity index (χ4v) is 6.48. The van der Waals surface area contributed by atoms with E-state index >= 15 is 0 Å². The summed E-state index contributed by atoms with van der Waals surface area (Å²) in [6, 6.07) is 27.2. The number of amidine groups is 2. The van der Waals surface area contributed by atoms with Crippen LogP contribution in [0.1, 0.15) is 23.1 Å². The third-order valence-corrected chi connectivity index (χ3v) is 8.39. The van der Waals surface area contributed by atoms with Crippen LogP contribution in [0.25, 0.3) is 42.1 Å². The largest absolute Gasteiger partial charge is 0.456 e. The van der Waals surface area contributed by atoms with Crippen LogP contribution in [-0.2, 0) is 12.8 Å². The van der Waals surface area contributed by atoms with Crippen LogP contribution < -0.4 is 5.73 Å². The van der Waals surface area contributed by atoms with Gasteiger partial charge in [-0.3, -0.25) is 5.41 Å². The maximum absolute atomic E-state index is 8.66. The second-order valence-corrected chi connectivity index (χ2v) is 10.4. The molecule has 0 spiro atoms. The number of nitrogens with two attached hydrogens (primary N) is 1. The Labute approximate surface area is 206 Å². The number of aryl methyl sites for hydroxylation is 1. The van der Waals surface area contributed by atoms with Crippen molar-refractivity contribution >= 4 is 65.1 Å². The number of aliphatic imine (C=N–C) groups is 1. The third kappa shape index (κ3) is 3.34. The summed E-state index contributed by atoms with van der Waals surface area (Å²) in [5, 5.41) is 13.4. The Bertz CT molecular complexity index is 1820. The van der Waals surface area contributed by atoms with Gasteiger partial charge in [-0.25, -0.2) is 4.99 Å². The molecule has 35 heavy (non-hydrogen) atoms. The van der Waals surface area contributed by atoms with Gasteiger partial charge in [0.05, 0.1) is 0 Å². The van der Waals surface area contributed by atoms with Gasteiger partial charge in [0.15, 0.2) is 5.84 Å². The zero-order valence-electron chi connectivity index (χ0n) is 19.0. The lowest BCUT2D eigenvalue weighted by Gasteiger charge is -2.24. The highest BCUT2D eigenvalue weighted by Gasteiger charge is 2.24. The smallest absolute Gasteiger partial charge is 0.153 e. The van der Waals surface area contributed by atoms with Gasteiger partial charge in [-0.05, 0) is 72.9 Å². The Morgan fingerprint density at radius 3 is 2.54 bits per heavy atom. The molecule has 0 aliphatic heterocycles. The van der Waals surface area contributed by atoms with Gasteiger partial charge in [0.2, 0.25) is 0 Å². The average Bonchev–Trinajstić information content (AvgIpc) is 3.44. The van der Waals surface area contributed by atoms with E-state index in [-0.39, 0.29) is 11.8 Å². The number of nitrogens with zero attached hydrogens (tertiary/aromatic N) is 1. The summed E-state index contributed by atoms with van der Waals surface area (Å²) in [7, 11) is 0. The van der Waals surface area contributed by atoms with Crippen molar-refractivity contribution in [2.75, 3.05) is 0 Å². The molecule has 1 aliphatic rings. The van der Waals surface area contributed by atoms with Crippen molar-refractivity contribution in [2.45, 2.75) is 19.3 Å². The standard InChI is InChI=1S/C30H23N3OS/c31-29(33-30(32)19-11-12-28-24(14-19)22-6-2-4-8-27(22)35-28)18-10-9-17-16-26-23(15-20(17)13-18)21-5-1-3-7-25(21)34-26/h1-8,11-12,14-16,18H,9-10,13H2,(H3,31,32,33). The molecule has 7 rings (SSSR count). The van der Waals surface area contributed by atoms with E-state index in [0.29, 0.717) is 5.84 Å². The lowest BCUT2D eigenvalue weighted by Crippen LogP contribution is -2.30. The SMILES string of the molecule is N=C(N=C(N)C1CCc2cc3oc4ccccc4c3cc2C1)c1ccc2sc3ccccc3c2c1. The van der Waals surface area contributed by atoms with Crippen molar-refractivity contribution in [1.29, 1.82) is 5.41 Å². The van der Waals surface area contributed by atoms with Crippen LogP contribution in [0.5, 0.6) is 0 Å². The quantitative estimate of drug-likeness (QED) is 0.202. The fourth-order valence-electron chi connectivity index (χ4n) is 5.39. The van der Waals surface area contributed by atoms with E-state index in [9.17, 15) is 0 Å². The molecule has 5 heteroatoms. The zero-order valence-corrected chi connectivity index (χ0v) is 19.9. The first-order chi connectivity index (χ1) is 17.1. The summed E-state index contributed by atoms with van der Waals surface area (Å²) >= 11 is 1.78. The second-order valence-electron chi connectivity index (χ2n) is 9.35. The van der Waals surface area contributed by atoms with Gasteiger partial charge in [-0.15, -0.1) is 11.3 Å². The first-order valence-electron chi connectivity index (χ1n) is 11.9. The van der Waals surface area contributed by atoms with Crippen LogP contribution in [0, 0.1) is 11.3 Å². The molecule has 0 saturated heterocycles. The number of fused-ring (bicyclic) bond motifs is 7. The molecule has 0 saturated carbocycles. The molecule has 1 unspecified atom stereocenters. The highest BCUT2D eigenvalue weighted by Crippen LogP contribution is 2.36. The molecular weight excluding hydrogens is 450 g/mol. The Hall–Kier alpha value is -3.96. The van der Waals surface area contributed by atoms with Crippen molar-refractivity contribution in [3.05, 3.63) is 95.6 Å². The summed E-state index contributed by atoms with van der Waals surface area (Å²) in [5.41, 5.74) is 11.8. The van der Waals surface area contributed by atoms with Crippen LogP contribution in [-0.4, -0.2) is 11.7 Å². The molecule has 2 aromatic heterocycles. The van der Waals surface area contributed by atoms with Gasteiger partial charge >= 0.3 is 0 Å². The van der Waals surface area contributed by atoms with Gasteiger partial charge in [0.25, 0.3) is 0 Å². The summed E-state index contributed by atoms with van der Waals surface area (Å²) in [5.74, 6) is 0.902. The predicted molar refractivity (Wildman–Crippen MR) is 147 cm³/mol. The molecule has 0 amide bonds. The molecule has 1 atom stereocenters. The molecule has 4 aromatic carbocycles. The molecule has 0 fully saturated rings. The third-order valence-electron chi connectivity index (χ3n) is 7.24. The molecular formula is C30H23N3OS. The number of furan rings is 1. The first-order valence-corrected chi connectivity index (χ1v) is 12.7. The monoisotopic (exact) mass is 473 g/mol. The molecule has 2 heterocycles. The Balaban J connectivity index is 1.19. The van der Waals surface area contributed by atoms with Gasteiger partial charge in [0.1, 0.15) is 17.0 Å². The van der Waals surface area contributed by atoms with Gasteiger partial charge in [0, 0.05) is 42.4 Å². The number of thiophene rings is 1. The normalized spacial score (nSPS) is 16.3. The van der Waals surface area contributed by atoms with Crippen molar-refractivity contribution < 1.29 is 4.42 Å². The van der Waals surface area contributed by atoms with E-state index in [1.165, 1.54) is 31.3 Å². The number of benzene rings is 4. The summed E-state index contributed by atoms with van der Waals surface area (Å²) in [4.78, 5) is 4.58. The van der Waals surface area contributed by atoms with E-state index in [0.717, 1.165) is 46.8 Å². The van der Waals surface area contributed by atoms with Gasteiger partial charge in [-0.2, -0.15) is 0 Å². The first kappa shape index (κ1) is 20.4. The number of hydrogen-bond donors (Lipinski definition) is 2. The summed E-state index contributed by atoms with van der Waals surface area (Å²) in [6.07, 6.45) is 2.69. The lowest BCUT2D eigenvalue weighted by atomic mass is 9.82. The highest BCUT2D eigenvalue weighted by atomic mass is 32.1. The number of rotatable bonds is 2.